The summed E-state index contributed by atoms with van der Waals surface area (Å²) in [6.07, 6.45) is 1.45. The van der Waals surface area contributed by atoms with E-state index in [9.17, 15) is 8.42 Å². The first-order valence-electron chi connectivity index (χ1n) is 6.32. The summed E-state index contributed by atoms with van der Waals surface area (Å²) in [6, 6.07) is -0.104. The van der Waals surface area contributed by atoms with Crippen LogP contribution in [-0.4, -0.2) is 29.7 Å². The Morgan fingerprint density at radius 3 is 2.58 bits per heavy atom. The lowest BCUT2D eigenvalue weighted by Gasteiger charge is -2.16. The highest BCUT2D eigenvalue weighted by molar-refractivity contribution is 14.1. The molecule has 1 unspecified atom stereocenters. The lowest BCUT2D eigenvalue weighted by Crippen LogP contribution is -2.15. The van der Waals surface area contributed by atoms with Gasteiger partial charge in [0.1, 0.15) is 5.82 Å². The van der Waals surface area contributed by atoms with Gasteiger partial charge in [-0.3, -0.25) is 0 Å². The molecule has 1 aromatic heterocycles. The standard InChI is InChI=1S/C12H20IN3O2S/c1-12(2,3)6-9-10(13)11(14)16(15-9)8-4-5-19(17,18)7-8/h8H,4-7,14H2,1-3H3. The Morgan fingerprint density at radius 2 is 2.11 bits per heavy atom. The molecule has 1 saturated heterocycles. The van der Waals surface area contributed by atoms with E-state index in [1.807, 2.05) is 0 Å². The fourth-order valence-corrected chi connectivity index (χ4v) is 4.58. The molecule has 0 bridgehead atoms. The van der Waals surface area contributed by atoms with Gasteiger partial charge in [0.2, 0.25) is 0 Å². The number of rotatable bonds is 2. The summed E-state index contributed by atoms with van der Waals surface area (Å²) in [5.41, 5.74) is 7.19. The summed E-state index contributed by atoms with van der Waals surface area (Å²) in [6.45, 7) is 6.45. The second kappa shape index (κ2) is 4.91. The van der Waals surface area contributed by atoms with Gasteiger partial charge in [-0.15, -0.1) is 0 Å². The maximum Gasteiger partial charge on any atom is 0.152 e. The van der Waals surface area contributed by atoms with Crippen molar-refractivity contribution in [3.05, 3.63) is 9.26 Å². The van der Waals surface area contributed by atoms with Gasteiger partial charge in [-0.25, -0.2) is 13.1 Å². The van der Waals surface area contributed by atoms with Crippen molar-refractivity contribution in [2.45, 2.75) is 39.7 Å². The van der Waals surface area contributed by atoms with Crippen molar-refractivity contribution in [1.82, 2.24) is 9.78 Å². The molecule has 1 aliphatic heterocycles. The zero-order valence-electron chi connectivity index (χ0n) is 11.5. The van der Waals surface area contributed by atoms with Gasteiger partial charge in [-0.1, -0.05) is 20.8 Å². The third-order valence-corrected chi connectivity index (χ3v) is 6.13. The van der Waals surface area contributed by atoms with E-state index in [4.69, 9.17) is 5.73 Å². The number of nitrogens with zero attached hydrogens (tertiary/aromatic N) is 2. The van der Waals surface area contributed by atoms with E-state index >= 15 is 0 Å². The molecule has 0 radical (unpaired) electrons. The number of anilines is 1. The summed E-state index contributed by atoms with van der Waals surface area (Å²) in [5.74, 6) is 0.994. The summed E-state index contributed by atoms with van der Waals surface area (Å²) in [5, 5.41) is 4.56. The first kappa shape index (κ1) is 15.1. The topological polar surface area (TPSA) is 78.0 Å². The van der Waals surface area contributed by atoms with Gasteiger partial charge in [-0.2, -0.15) is 5.10 Å². The van der Waals surface area contributed by atoms with Gasteiger partial charge < -0.3 is 5.73 Å². The molecule has 1 aliphatic rings. The highest BCUT2D eigenvalue weighted by Gasteiger charge is 2.32. The van der Waals surface area contributed by atoms with Crippen molar-refractivity contribution in [1.29, 1.82) is 0 Å². The molecule has 0 aliphatic carbocycles. The highest BCUT2D eigenvalue weighted by atomic mass is 127. The third kappa shape index (κ3) is 3.42. The van der Waals surface area contributed by atoms with E-state index in [1.165, 1.54) is 0 Å². The van der Waals surface area contributed by atoms with Crippen LogP contribution in [0.1, 0.15) is 38.9 Å². The van der Waals surface area contributed by atoms with E-state index in [1.54, 1.807) is 4.68 Å². The van der Waals surface area contributed by atoms with Crippen molar-refractivity contribution in [3.8, 4) is 0 Å². The maximum atomic E-state index is 11.6. The van der Waals surface area contributed by atoms with Gasteiger partial charge in [0.05, 0.1) is 26.8 Å². The SMILES string of the molecule is CC(C)(C)Cc1nn(C2CCS(=O)(=O)C2)c(N)c1I. The minimum absolute atomic E-state index is 0.104. The molecule has 1 aromatic rings. The van der Waals surface area contributed by atoms with Gasteiger partial charge in [0, 0.05) is 0 Å². The van der Waals surface area contributed by atoms with Crippen LogP contribution in [0.2, 0.25) is 0 Å². The number of nitrogen functional groups attached to an aromatic ring is 1. The van der Waals surface area contributed by atoms with Crippen molar-refractivity contribution >= 4 is 38.2 Å². The Balaban J connectivity index is 2.31. The monoisotopic (exact) mass is 397 g/mol. The van der Waals surface area contributed by atoms with Gasteiger partial charge >= 0.3 is 0 Å². The summed E-state index contributed by atoms with van der Waals surface area (Å²) in [7, 11) is -2.92. The summed E-state index contributed by atoms with van der Waals surface area (Å²) < 4.78 is 25.8. The van der Waals surface area contributed by atoms with Crippen molar-refractivity contribution in [2.75, 3.05) is 17.2 Å². The molecule has 2 heterocycles. The molecule has 0 spiro atoms. The lowest BCUT2D eigenvalue weighted by atomic mass is 9.91. The molecular weight excluding hydrogens is 377 g/mol. The number of nitrogens with two attached hydrogens (primary N) is 1. The molecule has 7 heteroatoms. The maximum absolute atomic E-state index is 11.6. The fourth-order valence-electron chi connectivity index (χ4n) is 2.34. The Hall–Kier alpha value is -0.310. The second-order valence-electron chi connectivity index (χ2n) is 6.38. The van der Waals surface area contributed by atoms with Gasteiger partial charge in [0.25, 0.3) is 0 Å². The minimum Gasteiger partial charge on any atom is -0.383 e. The minimum atomic E-state index is -2.92. The number of hydrogen-bond acceptors (Lipinski definition) is 4. The first-order valence-corrected chi connectivity index (χ1v) is 9.22. The predicted molar refractivity (Wildman–Crippen MR) is 84.8 cm³/mol. The molecular formula is C12H20IN3O2S. The van der Waals surface area contributed by atoms with E-state index in [0.29, 0.717) is 12.2 Å². The fraction of sp³-hybridized carbons (Fsp3) is 0.750. The predicted octanol–water partition coefficient (Wildman–Crippen LogP) is 2.02. The van der Waals surface area contributed by atoms with Gasteiger partial charge in [-0.05, 0) is 40.8 Å². The van der Waals surface area contributed by atoms with Crippen LogP contribution in [0.25, 0.3) is 0 Å². The summed E-state index contributed by atoms with van der Waals surface area (Å²) >= 11 is 2.20. The highest BCUT2D eigenvalue weighted by Crippen LogP contribution is 2.31. The van der Waals surface area contributed by atoms with Crippen molar-refractivity contribution in [3.63, 3.8) is 0 Å². The van der Waals surface area contributed by atoms with Crippen molar-refractivity contribution < 1.29 is 8.42 Å². The number of halogens is 1. The van der Waals surface area contributed by atoms with Crippen LogP contribution in [0.4, 0.5) is 5.82 Å². The van der Waals surface area contributed by atoms with Crippen LogP contribution in [0.15, 0.2) is 0 Å². The first-order chi connectivity index (χ1) is 8.59. The molecule has 5 nitrogen and oxygen atoms in total. The van der Waals surface area contributed by atoms with E-state index in [0.717, 1.165) is 15.7 Å². The van der Waals surface area contributed by atoms with Crippen LogP contribution in [0.5, 0.6) is 0 Å². The Kier molecular flexibility index (Phi) is 3.90. The second-order valence-corrected chi connectivity index (χ2v) is 9.69. The average Bonchev–Trinajstić information content (AvgIpc) is 2.71. The molecule has 19 heavy (non-hydrogen) atoms. The molecule has 0 saturated carbocycles. The number of aromatic nitrogens is 2. The van der Waals surface area contributed by atoms with Crippen molar-refractivity contribution in [2.24, 2.45) is 5.41 Å². The van der Waals surface area contributed by atoms with E-state index in [2.05, 4.69) is 48.5 Å². The Labute approximate surface area is 128 Å². The third-order valence-electron chi connectivity index (χ3n) is 3.21. The van der Waals surface area contributed by atoms with Crippen LogP contribution < -0.4 is 5.73 Å². The number of sulfone groups is 1. The van der Waals surface area contributed by atoms with Crippen LogP contribution in [0.3, 0.4) is 0 Å². The quantitative estimate of drug-likeness (QED) is 0.775. The molecule has 1 atom stereocenters. The smallest absolute Gasteiger partial charge is 0.152 e. The van der Waals surface area contributed by atoms with Crippen LogP contribution >= 0.6 is 22.6 Å². The van der Waals surface area contributed by atoms with Crippen LogP contribution in [-0.2, 0) is 16.3 Å². The Morgan fingerprint density at radius 1 is 1.47 bits per heavy atom. The summed E-state index contributed by atoms with van der Waals surface area (Å²) in [4.78, 5) is 0. The molecule has 0 aromatic carbocycles. The Bertz CT molecular complexity index is 587. The molecule has 0 amide bonds. The molecule has 2 rings (SSSR count). The lowest BCUT2D eigenvalue weighted by molar-refractivity contribution is 0.399. The van der Waals surface area contributed by atoms with Gasteiger partial charge in [0.15, 0.2) is 9.84 Å². The molecule has 2 N–H and O–H groups in total. The molecule has 108 valence electrons. The number of hydrogen-bond donors (Lipinski definition) is 1. The van der Waals surface area contributed by atoms with Crippen LogP contribution in [0, 0.1) is 8.99 Å². The average molecular weight is 397 g/mol. The van der Waals surface area contributed by atoms with E-state index < -0.39 is 9.84 Å². The zero-order valence-corrected chi connectivity index (χ0v) is 14.5. The van der Waals surface area contributed by atoms with E-state index in [-0.39, 0.29) is 23.0 Å². The molecule has 1 fully saturated rings. The normalized spacial score (nSPS) is 22.8. The largest absolute Gasteiger partial charge is 0.383 e. The zero-order chi connectivity index (χ0) is 14.4.